The Kier molecular flexibility index (Phi) is 4.38. The fourth-order valence-corrected chi connectivity index (χ4v) is 4.11. The molecule has 0 saturated heterocycles. The first-order chi connectivity index (χ1) is 6.56. The van der Waals surface area contributed by atoms with Crippen LogP contribution in [0.1, 0.15) is 45.4 Å². The molecule has 14 heavy (non-hydrogen) atoms. The Balaban J connectivity index is 2.53. The van der Waals surface area contributed by atoms with Gasteiger partial charge in [0, 0.05) is 6.04 Å². The van der Waals surface area contributed by atoms with Gasteiger partial charge in [0.25, 0.3) is 0 Å². The summed E-state index contributed by atoms with van der Waals surface area (Å²) in [6.45, 7) is 2.02. The molecule has 2 N–H and O–H groups in total. The number of unbranched alkanes of at least 4 members (excludes halogenated alkanes) is 1. The third-order valence-corrected chi connectivity index (χ3v) is 5.26. The molecule has 2 atom stereocenters. The minimum atomic E-state index is -2.86. The van der Waals surface area contributed by atoms with Crippen LogP contribution in [0.25, 0.3) is 0 Å². The van der Waals surface area contributed by atoms with Crippen LogP contribution in [-0.4, -0.2) is 25.5 Å². The zero-order chi connectivity index (χ0) is 10.6. The molecule has 3 nitrogen and oxygen atoms in total. The minimum Gasteiger partial charge on any atom is -0.328 e. The molecule has 0 aromatic heterocycles. The molecule has 1 saturated carbocycles. The molecule has 1 aliphatic rings. The van der Waals surface area contributed by atoms with Gasteiger partial charge in [-0.3, -0.25) is 0 Å². The van der Waals surface area contributed by atoms with Crippen LogP contribution in [0.3, 0.4) is 0 Å². The number of hydrogen-bond donors (Lipinski definition) is 1. The highest BCUT2D eigenvalue weighted by Crippen LogP contribution is 2.24. The van der Waals surface area contributed by atoms with E-state index in [2.05, 4.69) is 0 Å². The number of sulfone groups is 1. The second-order valence-corrected chi connectivity index (χ2v) is 6.67. The quantitative estimate of drug-likeness (QED) is 0.779. The lowest BCUT2D eigenvalue weighted by molar-refractivity contribution is 0.432. The molecule has 1 aliphatic carbocycles. The van der Waals surface area contributed by atoms with Gasteiger partial charge >= 0.3 is 0 Å². The Hall–Kier alpha value is -0.0900. The fraction of sp³-hybridized carbons (Fsp3) is 1.00. The normalized spacial score (nSPS) is 29.0. The summed E-state index contributed by atoms with van der Waals surface area (Å²) in [6, 6.07) is 0.102. The molecule has 84 valence electrons. The maximum atomic E-state index is 11.8. The lowest BCUT2D eigenvalue weighted by Crippen LogP contribution is -2.36. The number of hydrogen-bond acceptors (Lipinski definition) is 3. The van der Waals surface area contributed by atoms with E-state index in [1.54, 1.807) is 0 Å². The summed E-state index contributed by atoms with van der Waals surface area (Å²) in [7, 11) is -2.86. The van der Waals surface area contributed by atoms with Gasteiger partial charge in [0.2, 0.25) is 0 Å². The molecule has 0 spiro atoms. The standard InChI is InChI=1S/C10H21NO2S/c1-2-3-7-14(12,13)10-6-4-5-9(11)8-10/h9-10H,2-8,11H2,1H3. The van der Waals surface area contributed by atoms with Crippen LogP contribution in [0.15, 0.2) is 0 Å². The predicted octanol–water partition coefficient (Wildman–Crippen LogP) is 1.47. The molecule has 0 radical (unpaired) electrons. The third kappa shape index (κ3) is 3.24. The first-order valence-electron chi connectivity index (χ1n) is 5.53. The molecule has 1 rings (SSSR count). The summed E-state index contributed by atoms with van der Waals surface area (Å²) in [5.74, 6) is 0.348. The van der Waals surface area contributed by atoms with Crippen molar-refractivity contribution in [2.75, 3.05) is 5.75 Å². The van der Waals surface area contributed by atoms with E-state index in [1.807, 2.05) is 6.92 Å². The molecule has 0 bridgehead atoms. The third-order valence-electron chi connectivity index (χ3n) is 2.96. The lowest BCUT2D eigenvalue weighted by atomic mass is 9.96. The molecule has 2 unspecified atom stereocenters. The van der Waals surface area contributed by atoms with Gasteiger partial charge in [0.1, 0.15) is 0 Å². The van der Waals surface area contributed by atoms with Crippen LogP contribution >= 0.6 is 0 Å². The maximum Gasteiger partial charge on any atom is 0.153 e. The molecule has 0 amide bonds. The van der Waals surface area contributed by atoms with E-state index in [0.29, 0.717) is 12.2 Å². The van der Waals surface area contributed by atoms with Crippen LogP contribution in [0.5, 0.6) is 0 Å². The van der Waals surface area contributed by atoms with E-state index in [9.17, 15) is 8.42 Å². The summed E-state index contributed by atoms with van der Waals surface area (Å²) in [5, 5.41) is -0.155. The maximum absolute atomic E-state index is 11.8. The van der Waals surface area contributed by atoms with Crippen molar-refractivity contribution in [1.29, 1.82) is 0 Å². The van der Waals surface area contributed by atoms with E-state index in [0.717, 1.165) is 32.1 Å². The average Bonchev–Trinajstić information content (AvgIpc) is 2.15. The molecular weight excluding hydrogens is 198 g/mol. The highest BCUT2D eigenvalue weighted by Gasteiger charge is 2.29. The Bertz CT molecular complexity index is 261. The molecule has 1 fully saturated rings. The zero-order valence-electron chi connectivity index (χ0n) is 8.91. The van der Waals surface area contributed by atoms with E-state index in [1.165, 1.54) is 0 Å². The highest BCUT2D eigenvalue weighted by molar-refractivity contribution is 7.92. The first kappa shape index (κ1) is 12.0. The monoisotopic (exact) mass is 219 g/mol. The van der Waals surface area contributed by atoms with Gasteiger partial charge in [-0.15, -0.1) is 0 Å². The van der Waals surface area contributed by atoms with Gasteiger partial charge in [-0.2, -0.15) is 0 Å². The van der Waals surface area contributed by atoms with Crippen LogP contribution in [0.4, 0.5) is 0 Å². The molecule has 0 aliphatic heterocycles. The van der Waals surface area contributed by atoms with E-state index in [-0.39, 0.29) is 11.3 Å². The van der Waals surface area contributed by atoms with Crippen LogP contribution in [0, 0.1) is 0 Å². The lowest BCUT2D eigenvalue weighted by Gasteiger charge is -2.26. The number of rotatable bonds is 4. The van der Waals surface area contributed by atoms with Crippen molar-refractivity contribution < 1.29 is 8.42 Å². The molecule has 0 aromatic rings. The Morgan fingerprint density at radius 3 is 2.64 bits per heavy atom. The van der Waals surface area contributed by atoms with Gasteiger partial charge in [-0.1, -0.05) is 19.8 Å². The number of nitrogens with two attached hydrogens (primary N) is 1. The van der Waals surface area contributed by atoms with Crippen molar-refractivity contribution in [2.45, 2.75) is 56.7 Å². The van der Waals surface area contributed by atoms with Crippen LogP contribution in [0.2, 0.25) is 0 Å². The summed E-state index contributed by atoms with van der Waals surface area (Å²) in [5.41, 5.74) is 5.79. The Morgan fingerprint density at radius 2 is 2.07 bits per heavy atom. The Labute approximate surface area is 87.0 Å². The summed E-state index contributed by atoms with van der Waals surface area (Å²) >= 11 is 0. The highest BCUT2D eigenvalue weighted by atomic mass is 32.2. The minimum absolute atomic E-state index is 0.102. The molecular formula is C10H21NO2S. The Morgan fingerprint density at radius 1 is 1.36 bits per heavy atom. The van der Waals surface area contributed by atoms with Gasteiger partial charge < -0.3 is 5.73 Å². The van der Waals surface area contributed by atoms with Crippen LogP contribution < -0.4 is 5.73 Å². The SMILES string of the molecule is CCCCS(=O)(=O)C1CCCC(N)C1. The second-order valence-electron chi connectivity index (χ2n) is 4.27. The summed E-state index contributed by atoms with van der Waals surface area (Å²) in [4.78, 5) is 0. The van der Waals surface area contributed by atoms with Gasteiger partial charge in [0.05, 0.1) is 11.0 Å². The van der Waals surface area contributed by atoms with Gasteiger partial charge in [-0.25, -0.2) is 8.42 Å². The van der Waals surface area contributed by atoms with Crippen molar-refractivity contribution in [1.82, 2.24) is 0 Å². The summed E-state index contributed by atoms with van der Waals surface area (Å²) in [6.07, 6.45) is 5.18. The van der Waals surface area contributed by atoms with Crippen molar-refractivity contribution >= 4 is 9.84 Å². The molecule has 0 aromatic carbocycles. The average molecular weight is 219 g/mol. The van der Waals surface area contributed by atoms with Crippen LogP contribution in [-0.2, 0) is 9.84 Å². The zero-order valence-corrected chi connectivity index (χ0v) is 9.72. The molecule has 4 heteroatoms. The second kappa shape index (κ2) is 5.12. The van der Waals surface area contributed by atoms with Crippen molar-refractivity contribution in [3.05, 3.63) is 0 Å². The van der Waals surface area contributed by atoms with Crippen molar-refractivity contribution in [3.63, 3.8) is 0 Å². The smallest absolute Gasteiger partial charge is 0.153 e. The molecule has 0 heterocycles. The largest absolute Gasteiger partial charge is 0.328 e. The fourth-order valence-electron chi connectivity index (χ4n) is 2.02. The van der Waals surface area contributed by atoms with E-state index in [4.69, 9.17) is 5.73 Å². The first-order valence-corrected chi connectivity index (χ1v) is 7.25. The van der Waals surface area contributed by atoms with Gasteiger partial charge in [-0.05, 0) is 25.7 Å². The van der Waals surface area contributed by atoms with E-state index >= 15 is 0 Å². The van der Waals surface area contributed by atoms with Crippen molar-refractivity contribution in [2.24, 2.45) is 5.73 Å². The predicted molar refractivity (Wildman–Crippen MR) is 58.9 cm³/mol. The van der Waals surface area contributed by atoms with E-state index < -0.39 is 9.84 Å². The topological polar surface area (TPSA) is 60.2 Å². The van der Waals surface area contributed by atoms with Gasteiger partial charge in [0.15, 0.2) is 9.84 Å². The summed E-state index contributed by atoms with van der Waals surface area (Å²) < 4.78 is 23.7. The van der Waals surface area contributed by atoms with Crippen molar-refractivity contribution in [3.8, 4) is 0 Å².